The van der Waals surface area contributed by atoms with Crippen LogP contribution in [-0.2, 0) is 5.54 Å². The molecule has 2 aliphatic rings. The van der Waals surface area contributed by atoms with Gasteiger partial charge in [0.15, 0.2) is 0 Å². The van der Waals surface area contributed by atoms with E-state index in [1.807, 2.05) is 0 Å². The van der Waals surface area contributed by atoms with E-state index in [1.165, 1.54) is 65.6 Å². The van der Waals surface area contributed by atoms with Crippen LogP contribution in [0.15, 0.2) is 195 Å². The average Bonchev–Trinajstić information content (AvgIpc) is 3.84. The van der Waals surface area contributed by atoms with Gasteiger partial charge in [0.05, 0.1) is 33.1 Å². The molecule has 5 aromatic heterocycles. The van der Waals surface area contributed by atoms with Gasteiger partial charge in [-0.25, -0.2) is 4.98 Å². The Hall–Kier alpha value is -7.37. The molecule has 0 aliphatic heterocycles. The highest BCUT2D eigenvalue weighted by molar-refractivity contribution is 6.21. The molecule has 58 heavy (non-hydrogen) atoms. The predicted octanol–water partition coefficient (Wildman–Crippen LogP) is 12.8. The first-order valence-corrected chi connectivity index (χ1v) is 20.2. The molecule has 5 heteroatoms. The summed E-state index contributed by atoms with van der Waals surface area (Å²) in [5.74, 6) is 1.72. The third-order valence-corrected chi connectivity index (χ3v) is 13.3. The maximum absolute atomic E-state index is 5.18. The van der Waals surface area contributed by atoms with Crippen molar-refractivity contribution in [2.45, 2.75) is 12.5 Å². The van der Waals surface area contributed by atoms with E-state index in [4.69, 9.17) is 4.98 Å². The van der Waals surface area contributed by atoms with Gasteiger partial charge in [0.2, 0.25) is 0 Å². The molecule has 11 aromatic rings. The van der Waals surface area contributed by atoms with Crippen LogP contribution in [0.1, 0.15) is 12.5 Å². The van der Waals surface area contributed by atoms with Crippen LogP contribution in [0.2, 0.25) is 0 Å². The van der Waals surface area contributed by atoms with Crippen molar-refractivity contribution in [3.63, 3.8) is 0 Å². The number of aromatic nitrogens is 5. The van der Waals surface area contributed by atoms with Crippen LogP contribution in [0, 0.1) is 11.8 Å². The van der Waals surface area contributed by atoms with E-state index in [-0.39, 0.29) is 5.54 Å². The standard InChI is InChI=1S/C53H37N5/c1-34-43-32-37(26-29-53(34,43)58-45-19-11-9-17-42(45)50-47(58)24-21-36-28-31-56(52(36)50)40-14-6-3-7-15-40)38-22-25-48(54-33-38)57-44-18-10-8-16-41(44)49-46(57)23-20-35-27-30-55(51(35)49)39-12-4-2-5-13-39/h2-34,43H,1H3. The second-order valence-electron chi connectivity index (χ2n) is 16.1. The van der Waals surface area contributed by atoms with Gasteiger partial charge < -0.3 is 13.7 Å². The average molecular weight is 744 g/mol. The van der Waals surface area contributed by atoms with Crippen molar-refractivity contribution in [1.82, 2.24) is 23.3 Å². The van der Waals surface area contributed by atoms with Crippen LogP contribution in [0.4, 0.5) is 0 Å². The Balaban J connectivity index is 0.907. The highest BCUT2D eigenvalue weighted by Crippen LogP contribution is 2.63. The molecule has 5 heterocycles. The smallest absolute Gasteiger partial charge is 0.137 e. The van der Waals surface area contributed by atoms with Crippen LogP contribution < -0.4 is 0 Å². The van der Waals surface area contributed by atoms with Crippen LogP contribution in [-0.4, -0.2) is 23.3 Å². The SMILES string of the molecule is CC1C2C=C(c3ccc(-n4c5ccccc5c5c6c(ccc54)ccn6-c4ccccc4)nc3)C=CC12n1c2ccccc2c2c3c(ccc21)ccn3-c1ccccc1. The molecule has 1 saturated carbocycles. The number of allylic oxidation sites excluding steroid dienone is 4. The Morgan fingerprint density at radius 1 is 0.534 bits per heavy atom. The van der Waals surface area contributed by atoms with Crippen molar-refractivity contribution in [2.75, 3.05) is 0 Å². The summed E-state index contributed by atoms with van der Waals surface area (Å²) in [6.07, 6.45) is 13.8. The minimum absolute atomic E-state index is 0.137. The van der Waals surface area contributed by atoms with E-state index in [0.717, 1.165) is 28.1 Å². The van der Waals surface area contributed by atoms with Gasteiger partial charge in [0, 0.05) is 73.7 Å². The van der Waals surface area contributed by atoms with Gasteiger partial charge in [0.25, 0.3) is 0 Å². The summed E-state index contributed by atoms with van der Waals surface area (Å²) in [5, 5.41) is 7.56. The number of nitrogens with zero attached hydrogens (tertiary/aromatic N) is 5. The molecule has 0 amide bonds. The van der Waals surface area contributed by atoms with Gasteiger partial charge in [-0.3, -0.25) is 4.57 Å². The largest absolute Gasteiger partial charge is 0.330 e. The molecule has 13 rings (SSSR count). The molecule has 0 bridgehead atoms. The van der Waals surface area contributed by atoms with Gasteiger partial charge in [-0.05, 0) is 89.9 Å². The topological polar surface area (TPSA) is 32.6 Å². The zero-order valence-electron chi connectivity index (χ0n) is 31.9. The van der Waals surface area contributed by atoms with Crippen molar-refractivity contribution in [3.05, 3.63) is 200 Å². The molecule has 3 unspecified atom stereocenters. The zero-order valence-corrected chi connectivity index (χ0v) is 31.9. The van der Waals surface area contributed by atoms with Crippen LogP contribution in [0.5, 0.6) is 0 Å². The first kappa shape index (κ1) is 31.8. The predicted molar refractivity (Wildman–Crippen MR) is 239 cm³/mol. The van der Waals surface area contributed by atoms with Crippen LogP contribution in [0.3, 0.4) is 0 Å². The monoisotopic (exact) mass is 743 g/mol. The van der Waals surface area contributed by atoms with Gasteiger partial charge in [0.1, 0.15) is 5.82 Å². The van der Waals surface area contributed by atoms with E-state index in [2.05, 4.69) is 220 Å². The number of hydrogen-bond donors (Lipinski definition) is 0. The molecule has 0 radical (unpaired) electrons. The quantitative estimate of drug-likeness (QED) is 0.173. The lowest BCUT2D eigenvalue weighted by molar-refractivity contribution is 0.570. The second kappa shape index (κ2) is 11.6. The molecule has 0 saturated heterocycles. The van der Waals surface area contributed by atoms with E-state index < -0.39 is 0 Å². The fourth-order valence-electron chi connectivity index (χ4n) is 10.6. The summed E-state index contributed by atoms with van der Waals surface area (Å²) < 4.78 is 9.64. The normalized spacial score (nSPS) is 18.9. The number of pyridine rings is 1. The van der Waals surface area contributed by atoms with Crippen molar-refractivity contribution < 1.29 is 0 Å². The zero-order chi connectivity index (χ0) is 38.1. The fraction of sp³-hybridized carbons (Fsp3) is 0.0755. The van der Waals surface area contributed by atoms with E-state index in [1.54, 1.807) is 0 Å². The van der Waals surface area contributed by atoms with Gasteiger partial charge in [-0.2, -0.15) is 0 Å². The number of fused-ring (bicyclic) bond motifs is 11. The number of benzene rings is 6. The highest BCUT2D eigenvalue weighted by atomic mass is 15.1. The summed E-state index contributed by atoms with van der Waals surface area (Å²) in [6, 6.07) is 57.0. The number of rotatable bonds is 5. The van der Waals surface area contributed by atoms with Crippen LogP contribution >= 0.6 is 0 Å². The molecular formula is C53H37N5. The molecular weight excluding hydrogens is 707 g/mol. The third kappa shape index (κ3) is 4.17. The maximum Gasteiger partial charge on any atom is 0.137 e. The summed E-state index contributed by atoms with van der Waals surface area (Å²) in [6.45, 7) is 2.41. The summed E-state index contributed by atoms with van der Waals surface area (Å²) in [4.78, 5) is 5.18. The Morgan fingerprint density at radius 3 is 1.76 bits per heavy atom. The molecule has 3 atom stereocenters. The number of para-hydroxylation sites is 4. The minimum atomic E-state index is -0.137. The Morgan fingerprint density at radius 2 is 1.12 bits per heavy atom. The van der Waals surface area contributed by atoms with Crippen molar-refractivity contribution in [2.24, 2.45) is 11.8 Å². The lowest BCUT2D eigenvalue weighted by Gasteiger charge is -2.22. The third-order valence-electron chi connectivity index (χ3n) is 13.3. The molecule has 2 aliphatic carbocycles. The minimum Gasteiger partial charge on any atom is -0.330 e. The lowest BCUT2D eigenvalue weighted by atomic mass is 9.97. The Labute approximate surface area is 334 Å². The molecule has 274 valence electrons. The molecule has 0 N–H and O–H groups in total. The van der Waals surface area contributed by atoms with Gasteiger partial charge in [-0.1, -0.05) is 110 Å². The number of hydrogen-bond acceptors (Lipinski definition) is 1. The molecule has 0 spiro atoms. The molecule has 1 fully saturated rings. The van der Waals surface area contributed by atoms with Gasteiger partial charge >= 0.3 is 0 Å². The summed E-state index contributed by atoms with van der Waals surface area (Å²) in [5.41, 5.74) is 11.9. The van der Waals surface area contributed by atoms with Crippen molar-refractivity contribution in [3.8, 4) is 17.2 Å². The fourth-order valence-corrected chi connectivity index (χ4v) is 10.6. The van der Waals surface area contributed by atoms with Gasteiger partial charge in [-0.15, -0.1) is 0 Å². The maximum atomic E-state index is 5.18. The highest BCUT2D eigenvalue weighted by Gasteiger charge is 2.62. The van der Waals surface area contributed by atoms with Crippen molar-refractivity contribution in [1.29, 1.82) is 0 Å². The lowest BCUT2D eigenvalue weighted by Crippen LogP contribution is -2.19. The Bertz CT molecular complexity index is 3520. The molecule has 5 nitrogen and oxygen atoms in total. The van der Waals surface area contributed by atoms with E-state index in [0.29, 0.717) is 11.8 Å². The first-order valence-electron chi connectivity index (χ1n) is 20.2. The Kier molecular flexibility index (Phi) is 6.35. The van der Waals surface area contributed by atoms with E-state index in [9.17, 15) is 0 Å². The molecule has 6 aromatic carbocycles. The first-order chi connectivity index (χ1) is 28.7. The summed E-state index contributed by atoms with van der Waals surface area (Å²) >= 11 is 0. The van der Waals surface area contributed by atoms with E-state index >= 15 is 0 Å². The second-order valence-corrected chi connectivity index (χ2v) is 16.1. The van der Waals surface area contributed by atoms with Crippen LogP contribution in [0.25, 0.3) is 88.2 Å². The van der Waals surface area contributed by atoms with Crippen molar-refractivity contribution >= 4 is 71.0 Å². The summed E-state index contributed by atoms with van der Waals surface area (Å²) in [7, 11) is 0.